The van der Waals surface area contributed by atoms with Gasteiger partial charge in [-0.1, -0.05) is 6.07 Å². The Morgan fingerprint density at radius 1 is 1.30 bits per heavy atom. The second kappa shape index (κ2) is 6.35. The molecule has 0 spiro atoms. The predicted octanol–water partition coefficient (Wildman–Crippen LogP) is 1.96. The summed E-state index contributed by atoms with van der Waals surface area (Å²) < 4.78 is 0. The van der Waals surface area contributed by atoms with Crippen LogP contribution < -0.4 is 5.32 Å². The van der Waals surface area contributed by atoms with Crippen molar-refractivity contribution in [3.05, 3.63) is 30.1 Å². The molecule has 2 aliphatic rings. The molecule has 2 fully saturated rings. The zero-order valence-corrected chi connectivity index (χ0v) is 11.9. The van der Waals surface area contributed by atoms with Crippen molar-refractivity contribution in [2.24, 2.45) is 5.92 Å². The molecule has 3 rings (SSSR count). The molecule has 1 aromatic heterocycles. The Morgan fingerprint density at radius 2 is 2.10 bits per heavy atom. The van der Waals surface area contributed by atoms with E-state index >= 15 is 0 Å². The molecular weight excluding hydrogens is 250 g/mol. The maximum Gasteiger partial charge on any atom is 0.223 e. The van der Waals surface area contributed by atoms with Crippen molar-refractivity contribution >= 4 is 5.91 Å². The Hall–Kier alpha value is -1.42. The van der Waals surface area contributed by atoms with Gasteiger partial charge in [-0.2, -0.15) is 0 Å². The first-order valence-electron chi connectivity index (χ1n) is 7.72. The van der Waals surface area contributed by atoms with Crippen LogP contribution >= 0.6 is 0 Å². The van der Waals surface area contributed by atoms with Crippen LogP contribution in [0.4, 0.5) is 0 Å². The summed E-state index contributed by atoms with van der Waals surface area (Å²) in [5.41, 5.74) is 1.14. The molecule has 1 saturated carbocycles. The van der Waals surface area contributed by atoms with Gasteiger partial charge in [0.15, 0.2) is 0 Å². The molecule has 0 unspecified atom stereocenters. The van der Waals surface area contributed by atoms with E-state index in [1.165, 1.54) is 0 Å². The molecule has 1 aromatic rings. The molecule has 0 radical (unpaired) electrons. The van der Waals surface area contributed by atoms with E-state index in [4.69, 9.17) is 0 Å². The summed E-state index contributed by atoms with van der Waals surface area (Å²) in [4.78, 5) is 18.8. The summed E-state index contributed by atoms with van der Waals surface area (Å²) in [6.07, 6.45) is 8.97. The number of aromatic nitrogens is 1. The highest BCUT2D eigenvalue weighted by Crippen LogP contribution is 2.30. The summed E-state index contributed by atoms with van der Waals surface area (Å²) in [5, 5.41) is 3.36. The first kappa shape index (κ1) is 13.6. The Kier molecular flexibility index (Phi) is 4.31. The maximum absolute atomic E-state index is 12.6. The number of carbonyl (C=O) groups is 1. The van der Waals surface area contributed by atoms with Crippen molar-refractivity contribution in [3.8, 4) is 0 Å². The lowest BCUT2D eigenvalue weighted by atomic mass is 9.94. The quantitative estimate of drug-likeness (QED) is 0.892. The van der Waals surface area contributed by atoms with E-state index in [0.29, 0.717) is 17.9 Å². The smallest absolute Gasteiger partial charge is 0.223 e. The Balaban J connectivity index is 1.59. The van der Waals surface area contributed by atoms with Gasteiger partial charge in [-0.3, -0.25) is 9.78 Å². The third-order valence-electron chi connectivity index (χ3n) is 4.31. The van der Waals surface area contributed by atoms with Gasteiger partial charge in [-0.05, 0) is 56.3 Å². The molecule has 4 nitrogen and oxygen atoms in total. The van der Waals surface area contributed by atoms with Crippen molar-refractivity contribution in [2.75, 3.05) is 13.1 Å². The van der Waals surface area contributed by atoms with Gasteiger partial charge in [0.1, 0.15) is 0 Å². The van der Waals surface area contributed by atoms with E-state index in [2.05, 4.69) is 21.3 Å². The summed E-state index contributed by atoms with van der Waals surface area (Å²) >= 11 is 0. The van der Waals surface area contributed by atoms with Crippen LogP contribution in [0.1, 0.15) is 37.7 Å². The summed E-state index contributed by atoms with van der Waals surface area (Å²) in [6, 6.07) is 4.47. The Labute approximate surface area is 120 Å². The van der Waals surface area contributed by atoms with Crippen molar-refractivity contribution in [2.45, 2.75) is 44.7 Å². The molecule has 20 heavy (non-hydrogen) atoms. The first-order valence-corrected chi connectivity index (χ1v) is 7.72. The van der Waals surface area contributed by atoms with Crippen molar-refractivity contribution in [3.63, 3.8) is 0 Å². The highest BCUT2D eigenvalue weighted by atomic mass is 16.2. The zero-order valence-electron chi connectivity index (χ0n) is 11.9. The normalized spacial score (nSPS) is 19.8. The number of rotatable bonds is 5. The summed E-state index contributed by atoms with van der Waals surface area (Å²) in [5.74, 6) is 0.905. The van der Waals surface area contributed by atoms with Crippen LogP contribution in [0.3, 0.4) is 0 Å². The van der Waals surface area contributed by atoms with Crippen LogP contribution in [0.5, 0.6) is 0 Å². The molecule has 2 heterocycles. The van der Waals surface area contributed by atoms with Gasteiger partial charge < -0.3 is 10.2 Å². The van der Waals surface area contributed by atoms with Gasteiger partial charge in [0, 0.05) is 31.4 Å². The summed E-state index contributed by atoms with van der Waals surface area (Å²) in [6.45, 7) is 2.84. The molecule has 1 saturated heterocycles. The number of nitrogens with one attached hydrogen (secondary N) is 1. The average molecular weight is 273 g/mol. The molecule has 1 N–H and O–H groups in total. The highest BCUT2D eigenvalue weighted by molar-refractivity contribution is 5.77. The fraction of sp³-hybridized carbons (Fsp3) is 0.625. The Morgan fingerprint density at radius 3 is 2.75 bits per heavy atom. The largest absolute Gasteiger partial charge is 0.335 e. The minimum Gasteiger partial charge on any atom is -0.335 e. The van der Waals surface area contributed by atoms with E-state index in [-0.39, 0.29) is 0 Å². The van der Waals surface area contributed by atoms with E-state index in [9.17, 15) is 4.79 Å². The SMILES string of the molecule is O=C(CC1CCNCC1)N(Cc1cccnc1)C1CC1. The molecule has 4 heteroatoms. The second-order valence-electron chi connectivity index (χ2n) is 6.01. The zero-order chi connectivity index (χ0) is 13.8. The highest BCUT2D eigenvalue weighted by Gasteiger charge is 2.33. The molecule has 1 amide bonds. The third kappa shape index (κ3) is 3.57. The number of piperidine rings is 1. The van der Waals surface area contributed by atoms with Crippen molar-refractivity contribution < 1.29 is 4.79 Å². The van der Waals surface area contributed by atoms with E-state index < -0.39 is 0 Å². The maximum atomic E-state index is 12.6. The van der Waals surface area contributed by atoms with E-state index in [1.54, 1.807) is 6.20 Å². The predicted molar refractivity (Wildman–Crippen MR) is 78.0 cm³/mol. The number of hydrogen-bond acceptors (Lipinski definition) is 3. The lowest BCUT2D eigenvalue weighted by Crippen LogP contribution is -2.36. The van der Waals surface area contributed by atoms with Crippen LogP contribution in [-0.2, 0) is 11.3 Å². The van der Waals surface area contributed by atoms with Crippen LogP contribution in [-0.4, -0.2) is 34.9 Å². The molecule has 0 aromatic carbocycles. The average Bonchev–Trinajstić information content (AvgIpc) is 3.31. The topological polar surface area (TPSA) is 45.2 Å². The minimum absolute atomic E-state index is 0.336. The molecule has 108 valence electrons. The van der Waals surface area contributed by atoms with Gasteiger partial charge in [-0.25, -0.2) is 0 Å². The fourth-order valence-corrected chi connectivity index (χ4v) is 2.95. The monoisotopic (exact) mass is 273 g/mol. The second-order valence-corrected chi connectivity index (χ2v) is 6.01. The lowest BCUT2D eigenvalue weighted by Gasteiger charge is -2.27. The third-order valence-corrected chi connectivity index (χ3v) is 4.31. The van der Waals surface area contributed by atoms with E-state index in [1.807, 2.05) is 12.3 Å². The first-order chi connectivity index (χ1) is 9.83. The number of hydrogen-bond donors (Lipinski definition) is 1. The van der Waals surface area contributed by atoms with Crippen LogP contribution in [0.25, 0.3) is 0 Å². The number of pyridine rings is 1. The molecule has 1 aliphatic heterocycles. The molecule has 0 bridgehead atoms. The summed E-state index contributed by atoms with van der Waals surface area (Å²) in [7, 11) is 0. The van der Waals surface area contributed by atoms with E-state index in [0.717, 1.165) is 57.3 Å². The van der Waals surface area contributed by atoms with Crippen LogP contribution in [0.15, 0.2) is 24.5 Å². The Bertz CT molecular complexity index is 438. The standard InChI is InChI=1S/C16H23N3O/c20-16(10-13-5-8-17-9-6-13)19(15-3-4-15)12-14-2-1-7-18-11-14/h1-2,7,11,13,15,17H,3-6,8-10,12H2. The van der Waals surface area contributed by atoms with Crippen molar-refractivity contribution in [1.82, 2.24) is 15.2 Å². The van der Waals surface area contributed by atoms with Crippen LogP contribution in [0, 0.1) is 5.92 Å². The van der Waals surface area contributed by atoms with Gasteiger partial charge in [0.25, 0.3) is 0 Å². The van der Waals surface area contributed by atoms with Crippen molar-refractivity contribution in [1.29, 1.82) is 0 Å². The fourth-order valence-electron chi connectivity index (χ4n) is 2.95. The molecular formula is C16H23N3O. The minimum atomic E-state index is 0.336. The number of carbonyl (C=O) groups excluding carboxylic acids is 1. The van der Waals surface area contributed by atoms with Crippen LogP contribution in [0.2, 0.25) is 0 Å². The van der Waals surface area contributed by atoms with Gasteiger partial charge >= 0.3 is 0 Å². The number of amides is 1. The lowest BCUT2D eigenvalue weighted by molar-refractivity contribution is -0.133. The molecule has 0 atom stereocenters. The molecule has 1 aliphatic carbocycles. The van der Waals surface area contributed by atoms with Gasteiger partial charge in [0.05, 0.1) is 0 Å². The van der Waals surface area contributed by atoms with Gasteiger partial charge in [0.2, 0.25) is 5.91 Å². The van der Waals surface area contributed by atoms with Gasteiger partial charge in [-0.15, -0.1) is 0 Å². The number of nitrogens with zero attached hydrogens (tertiary/aromatic N) is 2.